The SMILES string of the molecule is CSCCCNC(=O)c1cc(Br)cn1C(C)C. The molecule has 0 aliphatic carbocycles. The summed E-state index contributed by atoms with van der Waals surface area (Å²) >= 11 is 5.21. The number of aromatic nitrogens is 1. The van der Waals surface area contributed by atoms with E-state index in [2.05, 4.69) is 41.3 Å². The molecule has 1 aromatic rings. The topological polar surface area (TPSA) is 34.0 Å². The largest absolute Gasteiger partial charge is 0.351 e. The Hall–Kier alpha value is -0.420. The lowest BCUT2D eigenvalue weighted by molar-refractivity contribution is 0.0943. The molecule has 0 fully saturated rings. The van der Waals surface area contributed by atoms with Crippen LogP contribution < -0.4 is 5.32 Å². The number of halogens is 1. The van der Waals surface area contributed by atoms with Crippen LogP contribution >= 0.6 is 27.7 Å². The zero-order chi connectivity index (χ0) is 12.8. The van der Waals surface area contributed by atoms with Crippen molar-refractivity contribution < 1.29 is 4.79 Å². The number of hydrogen-bond donors (Lipinski definition) is 1. The van der Waals surface area contributed by atoms with E-state index in [4.69, 9.17) is 0 Å². The number of rotatable bonds is 6. The van der Waals surface area contributed by atoms with Crippen molar-refractivity contribution in [2.75, 3.05) is 18.6 Å². The highest BCUT2D eigenvalue weighted by Crippen LogP contribution is 2.19. The fourth-order valence-corrected chi connectivity index (χ4v) is 2.43. The lowest BCUT2D eigenvalue weighted by Gasteiger charge is -2.12. The average Bonchev–Trinajstić information content (AvgIpc) is 2.66. The minimum atomic E-state index is 0.00510. The molecular weight excluding hydrogens is 300 g/mol. The van der Waals surface area contributed by atoms with Gasteiger partial charge in [0.2, 0.25) is 0 Å². The van der Waals surface area contributed by atoms with Crippen LogP contribution in [0.2, 0.25) is 0 Å². The number of carbonyl (C=O) groups excluding carboxylic acids is 1. The van der Waals surface area contributed by atoms with Crippen molar-refractivity contribution in [3.05, 3.63) is 22.4 Å². The molecule has 0 saturated heterocycles. The molecule has 5 heteroatoms. The molecule has 96 valence electrons. The van der Waals surface area contributed by atoms with Crippen LogP contribution in [0.1, 0.15) is 36.8 Å². The van der Waals surface area contributed by atoms with Crippen LogP contribution in [0.25, 0.3) is 0 Å². The molecule has 0 bridgehead atoms. The van der Waals surface area contributed by atoms with Gasteiger partial charge in [-0.25, -0.2) is 0 Å². The van der Waals surface area contributed by atoms with Crippen LogP contribution in [0, 0.1) is 0 Å². The highest BCUT2D eigenvalue weighted by atomic mass is 79.9. The minimum Gasteiger partial charge on any atom is -0.351 e. The second kappa shape index (κ2) is 7.11. The lowest BCUT2D eigenvalue weighted by Crippen LogP contribution is -2.27. The lowest BCUT2D eigenvalue weighted by atomic mass is 10.3. The van der Waals surface area contributed by atoms with E-state index in [0.717, 1.165) is 28.9 Å². The van der Waals surface area contributed by atoms with E-state index in [-0.39, 0.29) is 11.9 Å². The maximum Gasteiger partial charge on any atom is 0.267 e. The summed E-state index contributed by atoms with van der Waals surface area (Å²) in [4.78, 5) is 12.0. The summed E-state index contributed by atoms with van der Waals surface area (Å²) in [7, 11) is 0. The Bertz CT molecular complexity index is 377. The Morgan fingerprint density at radius 1 is 1.59 bits per heavy atom. The number of hydrogen-bond acceptors (Lipinski definition) is 2. The highest BCUT2D eigenvalue weighted by Gasteiger charge is 2.14. The maximum atomic E-state index is 12.0. The molecule has 1 heterocycles. The summed E-state index contributed by atoms with van der Waals surface area (Å²) in [6.45, 7) is 4.87. The third kappa shape index (κ3) is 4.39. The molecule has 1 amide bonds. The second-order valence-corrected chi connectivity index (χ2v) is 6.05. The van der Waals surface area contributed by atoms with Gasteiger partial charge in [-0.3, -0.25) is 4.79 Å². The molecule has 0 saturated carbocycles. The van der Waals surface area contributed by atoms with Crippen molar-refractivity contribution in [3.8, 4) is 0 Å². The summed E-state index contributed by atoms with van der Waals surface area (Å²) < 4.78 is 2.93. The Morgan fingerprint density at radius 2 is 2.29 bits per heavy atom. The zero-order valence-electron chi connectivity index (χ0n) is 10.5. The van der Waals surface area contributed by atoms with E-state index in [9.17, 15) is 4.79 Å². The molecular formula is C12H19BrN2OS. The molecule has 1 N–H and O–H groups in total. The molecule has 0 unspecified atom stereocenters. The molecule has 1 aromatic heterocycles. The first-order chi connectivity index (χ1) is 8.06. The molecule has 17 heavy (non-hydrogen) atoms. The number of carbonyl (C=O) groups is 1. The van der Waals surface area contributed by atoms with Gasteiger partial charge in [-0.05, 0) is 54.3 Å². The van der Waals surface area contributed by atoms with Gasteiger partial charge >= 0.3 is 0 Å². The Morgan fingerprint density at radius 3 is 2.88 bits per heavy atom. The Labute approximate surface area is 115 Å². The molecule has 1 rings (SSSR count). The Balaban J connectivity index is 2.62. The molecule has 0 spiro atoms. The number of thioether (sulfide) groups is 1. The van der Waals surface area contributed by atoms with Crippen LogP contribution in [0.5, 0.6) is 0 Å². The van der Waals surface area contributed by atoms with Crippen LogP contribution in [-0.2, 0) is 0 Å². The molecule has 0 atom stereocenters. The van der Waals surface area contributed by atoms with Crippen LogP contribution in [0.15, 0.2) is 16.7 Å². The molecule has 0 aliphatic rings. The number of nitrogens with zero attached hydrogens (tertiary/aromatic N) is 1. The van der Waals surface area contributed by atoms with Crippen molar-refractivity contribution in [1.82, 2.24) is 9.88 Å². The first-order valence-electron chi connectivity index (χ1n) is 5.70. The standard InChI is InChI=1S/C12H19BrN2OS/c1-9(2)15-8-10(13)7-11(15)12(16)14-5-4-6-17-3/h7-9H,4-6H2,1-3H3,(H,14,16). The fraction of sp³-hybridized carbons (Fsp3) is 0.583. The van der Waals surface area contributed by atoms with Gasteiger partial charge in [-0.1, -0.05) is 0 Å². The van der Waals surface area contributed by atoms with Gasteiger partial charge < -0.3 is 9.88 Å². The van der Waals surface area contributed by atoms with E-state index in [1.807, 2.05) is 16.8 Å². The van der Waals surface area contributed by atoms with Gasteiger partial charge in [-0.2, -0.15) is 11.8 Å². The van der Waals surface area contributed by atoms with Gasteiger partial charge in [0, 0.05) is 23.3 Å². The number of nitrogens with one attached hydrogen (secondary N) is 1. The van der Waals surface area contributed by atoms with Gasteiger partial charge in [0.15, 0.2) is 0 Å². The predicted molar refractivity (Wildman–Crippen MR) is 77.8 cm³/mol. The Kier molecular flexibility index (Phi) is 6.12. The fourth-order valence-electron chi connectivity index (χ4n) is 1.56. The van der Waals surface area contributed by atoms with E-state index < -0.39 is 0 Å². The van der Waals surface area contributed by atoms with Crippen LogP contribution in [0.4, 0.5) is 0 Å². The maximum absolute atomic E-state index is 12.0. The summed E-state index contributed by atoms with van der Waals surface area (Å²) in [6, 6.07) is 2.15. The van der Waals surface area contributed by atoms with E-state index >= 15 is 0 Å². The van der Waals surface area contributed by atoms with Crippen LogP contribution in [0.3, 0.4) is 0 Å². The first kappa shape index (κ1) is 14.6. The quantitative estimate of drug-likeness (QED) is 0.816. The molecule has 0 radical (unpaired) electrons. The third-order valence-electron chi connectivity index (χ3n) is 2.41. The van der Waals surface area contributed by atoms with E-state index in [0.29, 0.717) is 0 Å². The van der Waals surface area contributed by atoms with Crippen molar-refractivity contribution in [1.29, 1.82) is 0 Å². The summed E-state index contributed by atoms with van der Waals surface area (Å²) in [5.41, 5.74) is 0.719. The summed E-state index contributed by atoms with van der Waals surface area (Å²) in [5.74, 6) is 1.08. The molecule has 0 aromatic carbocycles. The second-order valence-electron chi connectivity index (χ2n) is 4.15. The molecule has 3 nitrogen and oxygen atoms in total. The van der Waals surface area contributed by atoms with Crippen molar-refractivity contribution >= 4 is 33.6 Å². The molecule has 0 aliphatic heterocycles. The van der Waals surface area contributed by atoms with Gasteiger partial charge in [0.1, 0.15) is 5.69 Å². The predicted octanol–water partition coefficient (Wildman–Crippen LogP) is 3.31. The van der Waals surface area contributed by atoms with Crippen molar-refractivity contribution in [3.63, 3.8) is 0 Å². The van der Waals surface area contributed by atoms with Crippen molar-refractivity contribution in [2.45, 2.75) is 26.3 Å². The van der Waals surface area contributed by atoms with E-state index in [1.54, 1.807) is 11.8 Å². The third-order valence-corrected chi connectivity index (χ3v) is 3.55. The zero-order valence-corrected chi connectivity index (χ0v) is 12.9. The highest BCUT2D eigenvalue weighted by molar-refractivity contribution is 9.10. The van der Waals surface area contributed by atoms with Gasteiger partial charge in [-0.15, -0.1) is 0 Å². The van der Waals surface area contributed by atoms with Gasteiger partial charge in [0.25, 0.3) is 5.91 Å². The smallest absolute Gasteiger partial charge is 0.267 e. The summed E-state index contributed by atoms with van der Waals surface area (Å²) in [5, 5.41) is 2.95. The number of amides is 1. The average molecular weight is 319 g/mol. The van der Waals surface area contributed by atoms with Crippen molar-refractivity contribution in [2.24, 2.45) is 0 Å². The van der Waals surface area contributed by atoms with Crippen LogP contribution in [-0.4, -0.2) is 29.0 Å². The monoisotopic (exact) mass is 318 g/mol. The summed E-state index contributed by atoms with van der Waals surface area (Å²) in [6.07, 6.45) is 5.03. The normalized spacial score (nSPS) is 10.9. The van der Waals surface area contributed by atoms with E-state index in [1.165, 1.54) is 0 Å². The van der Waals surface area contributed by atoms with Gasteiger partial charge in [0.05, 0.1) is 0 Å². The first-order valence-corrected chi connectivity index (χ1v) is 7.89. The minimum absolute atomic E-state index is 0.00510.